The van der Waals surface area contributed by atoms with Crippen molar-refractivity contribution in [3.05, 3.63) is 70.2 Å². The molecule has 150 valence electrons. The molecule has 3 amide bonds. The van der Waals surface area contributed by atoms with E-state index in [0.29, 0.717) is 33.7 Å². The van der Waals surface area contributed by atoms with Crippen molar-refractivity contribution in [2.75, 3.05) is 17.7 Å². The molecule has 0 aliphatic heterocycles. The Hall–Kier alpha value is -3.39. The highest BCUT2D eigenvalue weighted by Crippen LogP contribution is 2.23. The first-order valence-electron chi connectivity index (χ1n) is 8.98. The Kier molecular flexibility index (Phi) is 6.46. The number of carbonyl (C=O) groups excluding carboxylic acids is 2. The standard InChI is InChI=1S/C21H22N4O3S/c1-13-7-6-9-16(11-13)24-20(27)25-21-23-14(2)18(29-21)19(26)22-12-15-8-4-5-10-17(15)28-3/h4-11H,12H2,1-3H3,(H,22,26)(H2,23,24,25,27). The van der Waals surface area contributed by atoms with Crippen LogP contribution >= 0.6 is 11.3 Å². The van der Waals surface area contributed by atoms with Gasteiger partial charge in [-0.15, -0.1) is 0 Å². The number of amides is 3. The minimum Gasteiger partial charge on any atom is -0.496 e. The number of hydrogen-bond acceptors (Lipinski definition) is 5. The second kappa shape index (κ2) is 9.20. The van der Waals surface area contributed by atoms with Crippen LogP contribution in [0.2, 0.25) is 0 Å². The number of urea groups is 1. The van der Waals surface area contributed by atoms with Gasteiger partial charge in [0.15, 0.2) is 5.13 Å². The number of aryl methyl sites for hydroxylation is 2. The average molecular weight is 410 g/mol. The van der Waals surface area contributed by atoms with Crippen LogP contribution in [0.5, 0.6) is 5.75 Å². The molecule has 0 radical (unpaired) electrons. The van der Waals surface area contributed by atoms with Gasteiger partial charge in [0, 0.05) is 17.8 Å². The summed E-state index contributed by atoms with van der Waals surface area (Å²) < 4.78 is 5.30. The molecule has 3 N–H and O–H groups in total. The third-order valence-corrected chi connectivity index (χ3v) is 5.20. The molecule has 1 aromatic heterocycles. The second-order valence-corrected chi connectivity index (χ2v) is 7.38. The van der Waals surface area contributed by atoms with Crippen molar-refractivity contribution in [3.8, 4) is 5.75 Å². The number of hydrogen-bond donors (Lipinski definition) is 3. The maximum Gasteiger partial charge on any atom is 0.325 e. The normalized spacial score (nSPS) is 10.3. The minimum atomic E-state index is -0.412. The number of thiazole rings is 1. The van der Waals surface area contributed by atoms with E-state index in [1.807, 2.05) is 49.4 Å². The van der Waals surface area contributed by atoms with Crippen LogP contribution in [0.15, 0.2) is 48.5 Å². The second-order valence-electron chi connectivity index (χ2n) is 6.38. The number of rotatable bonds is 6. The third kappa shape index (κ3) is 5.32. The molecule has 0 spiro atoms. The van der Waals surface area contributed by atoms with Gasteiger partial charge in [-0.3, -0.25) is 10.1 Å². The molecule has 3 rings (SSSR count). The van der Waals surface area contributed by atoms with E-state index in [9.17, 15) is 9.59 Å². The predicted octanol–water partition coefficient (Wildman–Crippen LogP) is 4.34. The number of nitrogens with one attached hydrogen (secondary N) is 3. The number of benzene rings is 2. The molecular weight excluding hydrogens is 388 g/mol. The summed E-state index contributed by atoms with van der Waals surface area (Å²) in [4.78, 5) is 29.5. The van der Waals surface area contributed by atoms with Crippen LogP contribution in [0, 0.1) is 13.8 Å². The SMILES string of the molecule is COc1ccccc1CNC(=O)c1sc(NC(=O)Nc2cccc(C)c2)nc1C. The molecule has 0 atom stereocenters. The molecule has 29 heavy (non-hydrogen) atoms. The Morgan fingerprint density at radius 1 is 1.07 bits per heavy atom. The first kappa shape index (κ1) is 20.3. The monoisotopic (exact) mass is 410 g/mol. The Labute approximate surface area is 173 Å². The summed E-state index contributed by atoms with van der Waals surface area (Å²) in [6.07, 6.45) is 0. The molecular formula is C21H22N4O3S. The Bertz CT molecular complexity index is 1030. The molecule has 3 aromatic rings. The molecule has 0 bridgehead atoms. The number of anilines is 2. The van der Waals surface area contributed by atoms with E-state index in [1.54, 1.807) is 20.1 Å². The fourth-order valence-electron chi connectivity index (χ4n) is 2.75. The number of ether oxygens (including phenoxy) is 1. The Morgan fingerprint density at radius 3 is 2.62 bits per heavy atom. The molecule has 1 heterocycles. The van der Waals surface area contributed by atoms with E-state index in [0.717, 1.165) is 22.5 Å². The lowest BCUT2D eigenvalue weighted by Crippen LogP contribution is -2.22. The van der Waals surface area contributed by atoms with Crippen molar-refractivity contribution < 1.29 is 14.3 Å². The van der Waals surface area contributed by atoms with E-state index in [2.05, 4.69) is 20.9 Å². The highest BCUT2D eigenvalue weighted by Gasteiger charge is 2.17. The first-order valence-corrected chi connectivity index (χ1v) is 9.80. The van der Waals surface area contributed by atoms with Crippen LogP contribution in [0.4, 0.5) is 15.6 Å². The van der Waals surface area contributed by atoms with Crippen LogP contribution in [0.1, 0.15) is 26.5 Å². The van der Waals surface area contributed by atoms with Gasteiger partial charge in [0.25, 0.3) is 5.91 Å². The number of nitrogens with zero attached hydrogens (tertiary/aromatic N) is 1. The quantitative estimate of drug-likeness (QED) is 0.564. The summed E-state index contributed by atoms with van der Waals surface area (Å²) >= 11 is 1.13. The number of methoxy groups -OCH3 is 1. The van der Waals surface area contributed by atoms with Gasteiger partial charge in [-0.05, 0) is 37.6 Å². The summed E-state index contributed by atoms with van der Waals surface area (Å²) in [7, 11) is 1.59. The van der Waals surface area contributed by atoms with Gasteiger partial charge in [-0.1, -0.05) is 41.7 Å². The number of aromatic nitrogens is 1. The van der Waals surface area contributed by atoms with Crippen LogP contribution in [0.25, 0.3) is 0 Å². The fraction of sp³-hybridized carbons (Fsp3) is 0.190. The third-order valence-electron chi connectivity index (χ3n) is 4.13. The van der Waals surface area contributed by atoms with E-state index in [-0.39, 0.29) is 5.91 Å². The van der Waals surface area contributed by atoms with Gasteiger partial charge < -0.3 is 15.4 Å². The molecule has 0 saturated heterocycles. The van der Waals surface area contributed by atoms with Gasteiger partial charge in [0.05, 0.1) is 12.8 Å². The lowest BCUT2D eigenvalue weighted by Gasteiger charge is -2.09. The smallest absolute Gasteiger partial charge is 0.325 e. The highest BCUT2D eigenvalue weighted by atomic mass is 32.1. The predicted molar refractivity (Wildman–Crippen MR) is 115 cm³/mol. The van der Waals surface area contributed by atoms with Crippen molar-refractivity contribution in [1.82, 2.24) is 10.3 Å². The van der Waals surface area contributed by atoms with Crippen LogP contribution < -0.4 is 20.7 Å². The summed E-state index contributed by atoms with van der Waals surface area (Å²) in [6.45, 7) is 4.01. The van der Waals surface area contributed by atoms with Crippen molar-refractivity contribution in [2.45, 2.75) is 20.4 Å². The largest absolute Gasteiger partial charge is 0.496 e. The average Bonchev–Trinajstić information content (AvgIpc) is 3.06. The van der Waals surface area contributed by atoms with E-state index in [1.165, 1.54) is 0 Å². The summed E-state index contributed by atoms with van der Waals surface area (Å²) in [5.41, 5.74) is 3.16. The van der Waals surface area contributed by atoms with Gasteiger partial charge in [0.1, 0.15) is 10.6 Å². The molecule has 8 heteroatoms. The maximum atomic E-state index is 12.6. The van der Waals surface area contributed by atoms with Crippen LogP contribution in [-0.4, -0.2) is 24.0 Å². The minimum absolute atomic E-state index is 0.252. The van der Waals surface area contributed by atoms with Gasteiger partial charge >= 0.3 is 6.03 Å². The summed E-state index contributed by atoms with van der Waals surface area (Å²) in [5, 5.41) is 8.65. The lowest BCUT2D eigenvalue weighted by molar-refractivity contribution is 0.0954. The van der Waals surface area contributed by atoms with Crippen LogP contribution in [-0.2, 0) is 6.54 Å². The molecule has 0 aliphatic rings. The molecule has 0 fully saturated rings. The zero-order valence-electron chi connectivity index (χ0n) is 16.4. The van der Waals surface area contributed by atoms with Crippen molar-refractivity contribution in [2.24, 2.45) is 0 Å². The lowest BCUT2D eigenvalue weighted by atomic mass is 10.2. The highest BCUT2D eigenvalue weighted by molar-refractivity contribution is 7.17. The summed E-state index contributed by atoms with van der Waals surface area (Å²) in [5.74, 6) is 0.460. The molecule has 0 aliphatic carbocycles. The Morgan fingerprint density at radius 2 is 1.86 bits per heavy atom. The van der Waals surface area contributed by atoms with E-state index < -0.39 is 6.03 Å². The van der Waals surface area contributed by atoms with E-state index >= 15 is 0 Å². The molecule has 7 nitrogen and oxygen atoms in total. The van der Waals surface area contributed by atoms with Crippen molar-refractivity contribution in [1.29, 1.82) is 0 Å². The van der Waals surface area contributed by atoms with Gasteiger partial charge in [-0.2, -0.15) is 0 Å². The zero-order chi connectivity index (χ0) is 20.8. The maximum absolute atomic E-state index is 12.6. The van der Waals surface area contributed by atoms with Gasteiger partial charge in [0.2, 0.25) is 0 Å². The van der Waals surface area contributed by atoms with E-state index in [4.69, 9.17) is 4.74 Å². The summed E-state index contributed by atoms with van der Waals surface area (Å²) in [6, 6.07) is 14.6. The van der Waals surface area contributed by atoms with Crippen LogP contribution in [0.3, 0.4) is 0 Å². The first-order chi connectivity index (χ1) is 14.0. The number of para-hydroxylation sites is 1. The molecule has 0 unspecified atom stereocenters. The van der Waals surface area contributed by atoms with Gasteiger partial charge in [-0.25, -0.2) is 9.78 Å². The fourth-order valence-corrected chi connectivity index (χ4v) is 3.63. The Balaban J connectivity index is 1.61. The topological polar surface area (TPSA) is 92.4 Å². The molecule has 0 saturated carbocycles. The van der Waals surface area contributed by atoms with Crippen molar-refractivity contribution >= 4 is 34.1 Å². The molecule has 2 aromatic carbocycles. The van der Waals surface area contributed by atoms with Crippen molar-refractivity contribution in [3.63, 3.8) is 0 Å². The number of carbonyl (C=O) groups is 2. The zero-order valence-corrected chi connectivity index (χ0v) is 17.2.